The SMILES string of the molecule is CNC1COOC1C. The van der Waals surface area contributed by atoms with Crippen molar-refractivity contribution in [2.24, 2.45) is 0 Å². The van der Waals surface area contributed by atoms with Crippen LogP contribution < -0.4 is 5.32 Å². The highest BCUT2D eigenvalue weighted by Crippen LogP contribution is 2.07. The van der Waals surface area contributed by atoms with Crippen LogP contribution in [-0.4, -0.2) is 25.8 Å². The van der Waals surface area contributed by atoms with Gasteiger partial charge in [-0.15, -0.1) is 0 Å². The van der Waals surface area contributed by atoms with Crippen LogP contribution in [0.2, 0.25) is 0 Å². The number of nitrogens with one attached hydrogen (secondary N) is 1. The van der Waals surface area contributed by atoms with Crippen LogP contribution in [0, 0.1) is 0 Å². The first-order valence-electron chi connectivity index (χ1n) is 2.80. The molecular formula is C5H11NO2. The van der Waals surface area contributed by atoms with Gasteiger partial charge in [-0.3, -0.25) is 0 Å². The first kappa shape index (κ1) is 6.01. The van der Waals surface area contributed by atoms with Crippen molar-refractivity contribution in [1.29, 1.82) is 0 Å². The maximum Gasteiger partial charge on any atom is 0.108 e. The van der Waals surface area contributed by atoms with E-state index in [9.17, 15) is 0 Å². The molecule has 1 rings (SSSR count). The molecule has 3 heteroatoms. The van der Waals surface area contributed by atoms with E-state index in [0.717, 1.165) is 0 Å². The van der Waals surface area contributed by atoms with Crippen molar-refractivity contribution in [3.8, 4) is 0 Å². The molecule has 0 bridgehead atoms. The summed E-state index contributed by atoms with van der Waals surface area (Å²) in [5.41, 5.74) is 0. The Balaban J connectivity index is 2.30. The van der Waals surface area contributed by atoms with Gasteiger partial charge in [0, 0.05) is 0 Å². The van der Waals surface area contributed by atoms with Crippen molar-refractivity contribution in [1.82, 2.24) is 5.32 Å². The summed E-state index contributed by atoms with van der Waals surface area (Å²) in [5.74, 6) is 0. The average molecular weight is 117 g/mol. The van der Waals surface area contributed by atoms with Gasteiger partial charge in [-0.05, 0) is 14.0 Å². The normalized spacial score (nSPS) is 38.2. The molecule has 1 aliphatic heterocycles. The molecule has 0 aromatic heterocycles. The van der Waals surface area contributed by atoms with Gasteiger partial charge < -0.3 is 5.32 Å². The Bertz CT molecular complexity index is 76.8. The molecule has 0 saturated carbocycles. The van der Waals surface area contributed by atoms with Gasteiger partial charge in [-0.25, -0.2) is 9.78 Å². The summed E-state index contributed by atoms with van der Waals surface area (Å²) in [6, 6.07) is 0.370. The highest BCUT2D eigenvalue weighted by Gasteiger charge is 2.23. The minimum Gasteiger partial charge on any atom is -0.312 e. The molecule has 0 aromatic carbocycles. The lowest BCUT2D eigenvalue weighted by atomic mass is 10.2. The van der Waals surface area contributed by atoms with Gasteiger partial charge in [0.1, 0.15) is 12.7 Å². The summed E-state index contributed by atoms with van der Waals surface area (Å²) < 4.78 is 0. The largest absolute Gasteiger partial charge is 0.312 e. The van der Waals surface area contributed by atoms with Crippen LogP contribution in [0.1, 0.15) is 6.92 Å². The number of hydrogen-bond donors (Lipinski definition) is 1. The van der Waals surface area contributed by atoms with Crippen molar-refractivity contribution >= 4 is 0 Å². The molecule has 0 aromatic rings. The van der Waals surface area contributed by atoms with Gasteiger partial charge in [0.2, 0.25) is 0 Å². The quantitative estimate of drug-likeness (QED) is 0.487. The molecule has 1 fully saturated rings. The first-order valence-corrected chi connectivity index (χ1v) is 2.80. The lowest BCUT2D eigenvalue weighted by Crippen LogP contribution is -2.33. The van der Waals surface area contributed by atoms with Gasteiger partial charge in [0.05, 0.1) is 6.04 Å². The number of rotatable bonds is 1. The molecule has 2 unspecified atom stereocenters. The first-order chi connectivity index (χ1) is 3.84. The van der Waals surface area contributed by atoms with Crippen LogP contribution in [0.4, 0.5) is 0 Å². The summed E-state index contributed by atoms with van der Waals surface area (Å²) in [7, 11) is 1.90. The zero-order chi connectivity index (χ0) is 5.98. The van der Waals surface area contributed by atoms with E-state index in [-0.39, 0.29) is 6.10 Å². The lowest BCUT2D eigenvalue weighted by molar-refractivity contribution is -0.270. The zero-order valence-electron chi connectivity index (χ0n) is 5.18. The summed E-state index contributed by atoms with van der Waals surface area (Å²) in [6.45, 7) is 2.64. The molecular weight excluding hydrogens is 106 g/mol. The van der Waals surface area contributed by atoms with Crippen LogP contribution in [0.5, 0.6) is 0 Å². The monoisotopic (exact) mass is 117 g/mol. The fraction of sp³-hybridized carbons (Fsp3) is 1.00. The van der Waals surface area contributed by atoms with Crippen molar-refractivity contribution in [2.45, 2.75) is 19.1 Å². The van der Waals surface area contributed by atoms with Crippen molar-refractivity contribution < 1.29 is 9.78 Å². The minimum atomic E-state index is 0.194. The maximum absolute atomic E-state index is 4.79. The third-order valence-corrected chi connectivity index (χ3v) is 1.40. The molecule has 48 valence electrons. The van der Waals surface area contributed by atoms with Crippen LogP contribution in [0.3, 0.4) is 0 Å². The fourth-order valence-electron chi connectivity index (χ4n) is 0.741. The second kappa shape index (κ2) is 2.44. The molecule has 0 spiro atoms. The van der Waals surface area contributed by atoms with E-state index >= 15 is 0 Å². The Morgan fingerprint density at radius 2 is 2.38 bits per heavy atom. The van der Waals surface area contributed by atoms with Crippen molar-refractivity contribution in [2.75, 3.05) is 13.7 Å². The van der Waals surface area contributed by atoms with E-state index < -0.39 is 0 Å². The molecule has 0 radical (unpaired) electrons. The molecule has 8 heavy (non-hydrogen) atoms. The highest BCUT2D eigenvalue weighted by atomic mass is 17.2. The fourth-order valence-corrected chi connectivity index (χ4v) is 0.741. The predicted molar refractivity (Wildman–Crippen MR) is 29.3 cm³/mol. The average Bonchev–Trinajstić information content (AvgIpc) is 2.14. The lowest BCUT2D eigenvalue weighted by Gasteiger charge is -2.07. The van der Waals surface area contributed by atoms with Gasteiger partial charge in [0.25, 0.3) is 0 Å². The van der Waals surface area contributed by atoms with Crippen molar-refractivity contribution in [3.05, 3.63) is 0 Å². The van der Waals surface area contributed by atoms with Crippen LogP contribution >= 0.6 is 0 Å². The molecule has 1 saturated heterocycles. The second-order valence-corrected chi connectivity index (χ2v) is 1.98. The molecule has 1 aliphatic rings. The summed E-state index contributed by atoms with van der Waals surface area (Å²) in [5, 5.41) is 3.06. The van der Waals surface area contributed by atoms with Gasteiger partial charge >= 0.3 is 0 Å². The molecule has 1 N–H and O–H groups in total. The number of hydrogen-bond acceptors (Lipinski definition) is 3. The molecule has 1 heterocycles. The second-order valence-electron chi connectivity index (χ2n) is 1.98. The summed E-state index contributed by atoms with van der Waals surface area (Å²) in [4.78, 5) is 9.49. The Morgan fingerprint density at radius 1 is 1.62 bits per heavy atom. The van der Waals surface area contributed by atoms with E-state index in [1.807, 2.05) is 14.0 Å². The summed E-state index contributed by atoms with van der Waals surface area (Å²) >= 11 is 0. The van der Waals surface area contributed by atoms with Gasteiger partial charge in [-0.1, -0.05) is 0 Å². The predicted octanol–water partition coefficient (Wildman–Crippen LogP) is -0.0753. The maximum atomic E-state index is 4.79. The Labute approximate surface area is 48.9 Å². The molecule has 0 aliphatic carbocycles. The van der Waals surface area contributed by atoms with E-state index in [4.69, 9.17) is 9.78 Å². The Morgan fingerprint density at radius 3 is 2.62 bits per heavy atom. The number of likely N-dealkylation sites (N-methyl/N-ethyl adjacent to an activating group) is 1. The topological polar surface area (TPSA) is 30.5 Å². The highest BCUT2D eigenvalue weighted by molar-refractivity contribution is 4.72. The molecule has 3 nitrogen and oxygen atoms in total. The van der Waals surface area contributed by atoms with E-state index in [1.54, 1.807) is 0 Å². The smallest absolute Gasteiger partial charge is 0.108 e. The van der Waals surface area contributed by atoms with Crippen LogP contribution in [0.25, 0.3) is 0 Å². The van der Waals surface area contributed by atoms with E-state index in [2.05, 4.69) is 5.32 Å². The van der Waals surface area contributed by atoms with E-state index in [1.165, 1.54) is 0 Å². The van der Waals surface area contributed by atoms with E-state index in [0.29, 0.717) is 12.6 Å². The van der Waals surface area contributed by atoms with Crippen molar-refractivity contribution in [3.63, 3.8) is 0 Å². The Hall–Kier alpha value is -0.120. The molecule has 0 amide bonds. The van der Waals surface area contributed by atoms with Gasteiger partial charge in [0.15, 0.2) is 0 Å². The zero-order valence-corrected chi connectivity index (χ0v) is 5.18. The summed E-state index contributed by atoms with van der Waals surface area (Å²) in [6.07, 6.45) is 0.194. The Kier molecular flexibility index (Phi) is 1.83. The standard InChI is InChI=1S/C5H11NO2/c1-4-5(6-2)3-7-8-4/h4-6H,3H2,1-2H3. The minimum absolute atomic E-state index is 0.194. The van der Waals surface area contributed by atoms with Crippen LogP contribution in [-0.2, 0) is 9.78 Å². The van der Waals surface area contributed by atoms with Gasteiger partial charge in [-0.2, -0.15) is 0 Å². The third kappa shape index (κ3) is 0.992. The molecule has 2 atom stereocenters. The third-order valence-electron chi connectivity index (χ3n) is 1.40. The van der Waals surface area contributed by atoms with Crippen LogP contribution in [0.15, 0.2) is 0 Å².